The quantitative estimate of drug-likeness (QED) is 0.0892. The average Bonchev–Trinajstić information content (AvgIpc) is 3.22. The van der Waals surface area contributed by atoms with Crippen molar-refractivity contribution in [3.63, 3.8) is 0 Å². The van der Waals surface area contributed by atoms with Gasteiger partial charge in [0.25, 0.3) is 0 Å². The van der Waals surface area contributed by atoms with Gasteiger partial charge in [-0.05, 0) is 96.9 Å². The van der Waals surface area contributed by atoms with Crippen LogP contribution in [0.4, 0.5) is 53.5 Å². The summed E-state index contributed by atoms with van der Waals surface area (Å²) < 4.78 is 0. The maximum Gasteiger partial charge on any atom is 0.233 e. The van der Waals surface area contributed by atoms with E-state index in [1.165, 1.54) is 0 Å². The van der Waals surface area contributed by atoms with E-state index in [1.54, 1.807) is 4.90 Å². The van der Waals surface area contributed by atoms with E-state index in [-0.39, 0.29) is 6.73 Å². The van der Waals surface area contributed by atoms with Crippen LogP contribution >= 0.6 is 0 Å². The maximum atomic E-state index is 9.47. The smallest absolute Gasteiger partial charge is 0.233 e. The molecule has 0 unspecified atom stereocenters. The summed E-state index contributed by atoms with van der Waals surface area (Å²) in [6, 6.07) is 0. The van der Waals surface area contributed by atoms with Crippen molar-refractivity contribution in [2.75, 3.05) is 144 Å². The minimum atomic E-state index is -0.101. The molecule has 0 aliphatic heterocycles. The van der Waals surface area contributed by atoms with Crippen LogP contribution in [-0.2, 0) is 0 Å². The molecule has 3 aromatic heterocycles. The first-order valence-electron chi connectivity index (χ1n) is 21.2. The van der Waals surface area contributed by atoms with Crippen LogP contribution in [0.15, 0.2) is 0 Å². The van der Waals surface area contributed by atoms with Gasteiger partial charge < -0.3 is 50.5 Å². The Kier molecular flexibility index (Phi) is 25.2. The van der Waals surface area contributed by atoms with Crippen molar-refractivity contribution in [3.05, 3.63) is 0 Å². The van der Waals surface area contributed by atoms with Crippen molar-refractivity contribution < 1.29 is 5.11 Å². The Balaban J connectivity index is 0.000000430. The number of aliphatic hydroxyl groups is 1. The van der Waals surface area contributed by atoms with Gasteiger partial charge in [-0.3, -0.25) is 0 Å². The van der Waals surface area contributed by atoms with Crippen LogP contribution in [0.2, 0.25) is 0 Å². The van der Waals surface area contributed by atoms with Gasteiger partial charge in [0.15, 0.2) is 0 Å². The van der Waals surface area contributed by atoms with Crippen LogP contribution in [0.1, 0.15) is 96.9 Å². The molecular weight excluding hydrogens is 725 g/mol. The van der Waals surface area contributed by atoms with Gasteiger partial charge in [-0.2, -0.15) is 44.9 Å². The molecule has 0 spiro atoms. The van der Waals surface area contributed by atoms with Gasteiger partial charge in [-0.1, -0.05) is 0 Å². The fourth-order valence-corrected chi connectivity index (χ4v) is 5.46. The number of rotatable bonds is 24. The number of nitrogens with one attached hydrogen (secondary N) is 3. The second-order valence-corrected chi connectivity index (χ2v) is 12.2. The Morgan fingerprint density at radius 3 is 0.702 bits per heavy atom. The lowest BCUT2D eigenvalue weighted by molar-refractivity contribution is 0.290. The highest BCUT2D eigenvalue weighted by Crippen LogP contribution is 2.20. The van der Waals surface area contributed by atoms with E-state index in [0.717, 1.165) is 103 Å². The molecule has 0 radical (unpaired) electrons. The number of nitrogens with zero attached hydrogens (tertiary/aromatic N) is 15. The maximum absolute atomic E-state index is 9.47. The Hall–Kier alpha value is -4.81. The molecule has 57 heavy (non-hydrogen) atoms. The van der Waals surface area contributed by atoms with Gasteiger partial charge in [0.05, 0.1) is 0 Å². The first kappa shape index (κ1) is 50.2. The molecule has 3 rings (SSSR count). The largest absolute Gasteiger partial charge is 0.376 e. The lowest BCUT2D eigenvalue weighted by atomic mass is 10.5. The molecule has 3 aromatic rings. The van der Waals surface area contributed by atoms with Crippen LogP contribution in [0.3, 0.4) is 0 Å². The molecule has 19 heteroatoms. The van der Waals surface area contributed by atoms with Gasteiger partial charge in [-0.15, -0.1) is 0 Å². The molecule has 0 aliphatic carbocycles. The van der Waals surface area contributed by atoms with Crippen LogP contribution < -0.4 is 45.3 Å². The molecule has 0 aromatic carbocycles. The zero-order chi connectivity index (χ0) is 42.8. The summed E-state index contributed by atoms with van der Waals surface area (Å²) >= 11 is 0. The summed E-state index contributed by atoms with van der Waals surface area (Å²) in [6.07, 6.45) is 0. The second-order valence-electron chi connectivity index (χ2n) is 12.2. The van der Waals surface area contributed by atoms with Gasteiger partial charge in [0.1, 0.15) is 6.73 Å². The second kappa shape index (κ2) is 28.6. The third kappa shape index (κ3) is 15.9. The molecule has 0 saturated heterocycles. The third-order valence-electron chi connectivity index (χ3n) is 8.91. The standard InChI is InChI=1S/C14H28N6O.C13H26N6.C11H22N6/c1-6-18(7-2)12-15-13(19(8-3)9-4)17-14(16-12)20(10-5)11-21;1-6-14-11-15-12(18(7-2)8-3)17-13(16-11)19(9-4)10-5;1-5-12-9-14-10(13-6-2)16-11(15-9)17(7-3)8-4/h21H,6-11H2,1-5H3;6-10H2,1-5H3,(H,14,15,16,17);5-8H2,1-4H3,(H2,12,13,14,15,16). The van der Waals surface area contributed by atoms with Crippen LogP contribution in [-0.4, -0.2) is 148 Å². The van der Waals surface area contributed by atoms with Crippen molar-refractivity contribution in [1.29, 1.82) is 0 Å². The molecule has 19 nitrogen and oxygen atoms in total. The van der Waals surface area contributed by atoms with Crippen molar-refractivity contribution in [2.24, 2.45) is 0 Å². The summed E-state index contributed by atoms with van der Waals surface area (Å²) in [5.41, 5.74) is 0. The van der Waals surface area contributed by atoms with Crippen molar-refractivity contribution in [3.8, 4) is 0 Å². The van der Waals surface area contributed by atoms with E-state index in [4.69, 9.17) is 0 Å². The lowest BCUT2D eigenvalue weighted by Gasteiger charge is -2.26. The first-order chi connectivity index (χ1) is 27.6. The molecule has 0 fully saturated rings. The van der Waals surface area contributed by atoms with E-state index < -0.39 is 0 Å². The number of aromatic nitrogens is 9. The topological polar surface area (TPSA) is 192 Å². The minimum absolute atomic E-state index is 0.101. The highest BCUT2D eigenvalue weighted by atomic mass is 16.3. The minimum Gasteiger partial charge on any atom is -0.376 e. The first-order valence-corrected chi connectivity index (χ1v) is 21.2. The van der Waals surface area contributed by atoms with E-state index in [9.17, 15) is 5.11 Å². The summed E-state index contributed by atoms with van der Waals surface area (Å²) in [5.74, 6) is 5.98. The predicted molar refractivity (Wildman–Crippen MR) is 240 cm³/mol. The SMILES string of the molecule is CCN(CC)c1nc(N(CC)CC)nc(N(CC)CO)n1.CCNc1nc(N(CC)CC)nc(N(CC)CC)n1.CCNc1nc(NCC)nc(N(CC)CC)n1. The van der Waals surface area contributed by atoms with Gasteiger partial charge in [0, 0.05) is 91.6 Å². The van der Waals surface area contributed by atoms with Crippen molar-refractivity contribution >= 4 is 53.5 Å². The molecule has 324 valence electrons. The normalized spacial score (nSPS) is 10.4. The fraction of sp³-hybridized carbons (Fsp3) is 0.763. The van der Waals surface area contributed by atoms with Crippen molar-refractivity contribution in [2.45, 2.75) is 96.9 Å². The number of hydrogen-bond acceptors (Lipinski definition) is 19. The average molecular weight is 801 g/mol. The van der Waals surface area contributed by atoms with E-state index in [0.29, 0.717) is 42.2 Å². The van der Waals surface area contributed by atoms with E-state index in [2.05, 4.69) is 155 Å². The molecule has 0 bridgehead atoms. The molecule has 4 N–H and O–H groups in total. The monoisotopic (exact) mass is 801 g/mol. The Morgan fingerprint density at radius 2 is 0.491 bits per heavy atom. The Bertz CT molecular complexity index is 1350. The zero-order valence-electron chi connectivity index (χ0n) is 37.8. The number of aliphatic hydroxyl groups excluding tert-OH is 1. The lowest BCUT2D eigenvalue weighted by Crippen LogP contribution is -2.32. The Morgan fingerprint density at radius 1 is 0.298 bits per heavy atom. The molecule has 3 heterocycles. The molecule has 0 saturated carbocycles. The molecule has 0 atom stereocenters. The van der Waals surface area contributed by atoms with Crippen LogP contribution in [0.5, 0.6) is 0 Å². The fourth-order valence-electron chi connectivity index (χ4n) is 5.46. The molecule has 0 aliphatic rings. The molecule has 0 amide bonds. The van der Waals surface area contributed by atoms with E-state index in [1.807, 2.05) is 27.7 Å². The zero-order valence-corrected chi connectivity index (χ0v) is 37.8. The summed E-state index contributed by atoms with van der Waals surface area (Å²) in [6.45, 7) is 40.6. The van der Waals surface area contributed by atoms with Gasteiger partial charge in [-0.25, -0.2) is 0 Å². The van der Waals surface area contributed by atoms with Gasteiger partial charge in [0.2, 0.25) is 53.5 Å². The van der Waals surface area contributed by atoms with Crippen LogP contribution in [0, 0.1) is 0 Å². The van der Waals surface area contributed by atoms with E-state index >= 15 is 0 Å². The summed E-state index contributed by atoms with van der Waals surface area (Å²) in [7, 11) is 0. The summed E-state index contributed by atoms with van der Waals surface area (Å²) in [4.78, 5) is 52.5. The molecular formula is C38H76N18O. The summed E-state index contributed by atoms with van der Waals surface area (Å²) in [5, 5.41) is 18.9. The van der Waals surface area contributed by atoms with Crippen LogP contribution in [0.25, 0.3) is 0 Å². The predicted octanol–water partition coefficient (Wildman–Crippen LogP) is 4.92. The van der Waals surface area contributed by atoms with Gasteiger partial charge >= 0.3 is 0 Å². The highest BCUT2D eigenvalue weighted by Gasteiger charge is 2.18. The Labute approximate surface area is 343 Å². The van der Waals surface area contributed by atoms with Crippen molar-refractivity contribution in [1.82, 2.24) is 44.9 Å². The number of hydrogen-bond donors (Lipinski definition) is 4. The highest BCUT2D eigenvalue weighted by molar-refractivity contribution is 5.47. The number of anilines is 9. The third-order valence-corrected chi connectivity index (χ3v) is 8.91.